The van der Waals surface area contributed by atoms with Crippen LogP contribution in [0.3, 0.4) is 0 Å². The zero-order valence-corrected chi connectivity index (χ0v) is 52.6. The highest BCUT2D eigenvalue weighted by molar-refractivity contribution is 6.06. The normalized spacial score (nSPS) is 22.2. The third-order valence-electron chi connectivity index (χ3n) is 18.2. The molecule has 0 radical (unpaired) electrons. The molecule has 3 aromatic carbocycles. The summed E-state index contributed by atoms with van der Waals surface area (Å²) in [4.78, 5) is 133. The fourth-order valence-corrected chi connectivity index (χ4v) is 12.9. The molecular weight excluding hydrogens is 1070 g/mol. The van der Waals surface area contributed by atoms with Crippen molar-refractivity contribution in [2.45, 2.75) is 207 Å². The summed E-state index contributed by atoms with van der Waals surface area (Å²) in [6.45, 7) is 18.7. The first-order valence-corrected chi connectivity index (χ1v) is 31.3. The Kier molecular flexibility index (Phi) is 22.3. The van der Waals surface area contributed by atoms with Crippen LogP contribution >= 0.6 is 0 Å². The van der Waals surface area contributed by atoms with Crippen LogP contribution in [-0.4, -0.2) is 126 Å². The molecular formula is C68H96N8O9. The van der Waals surface area contributed by atoms with Gasteiger partial charge < -0.3 is 41.7 Å². The third kappa shape index (κ3) is 16.5. The number of fused-ring (bicyclic) bond motifs is 2. The molecule has 6 amide bonds. The molecule has 0 aromatic heterocycles. The second-order valence-electron chi connectivity index (χ2n) is 27.1. The topological polar surface area (TPSA) is 232 Å². The second-order valence-corrected chi connectivity index (χ2v) is 27.1. The molecule has 2 heterocycles. The predicted molar refractivity (Wildman–Crippen MR) is 330 cm³/mol. The quantitative estimate of drug-likeness (QED) is 0.0467. The Morgan fingerprint density at radius 1 is 0.565 bits per heavy atom. The van der Waals surface area contributed by atoms with Crippen molar-refractivity contribution in [3.05, 3.63) is 106 Å². The number of unbranched alkanes of at least 4 members (excludes halogenated alkanes) is 1. The lowest BCUT2D eigenvalue weighted by Crippen LogP contribution is -2.59. The number of likely N-dealkylation sites (N-methyl/N-ethyl adjacent to an activating group) is 2. The van der Waals surface area contributed by atoms with Crippen molar-refractivity contribution < 1.29 is 43.2 Å². The van der Waals surface area contributed by atoms with E-state index in [-0.39, 0.29) is 121 Å². The van der Waals surface area contributed by atoms with Crippen LogP contribution in [0.2, 0.25) is 0 Å². The third-order valence-corrected chi connectivity index (χ3v) is 18.2. The number of ketones is 3. The zero-order chi connectivity index (χ0) is 62.1. The van der Waals surface area contributed by atoms with Gasteiger partial charge in [0.05, 0.1) is 24.2 Å². The number of benzene rings is 3. The first-order valence-electron chi connectivity index (χ1n) is 31.3. The highest BCUT2D eigenvalue weighted by Gasteiger charge is 2.48. The molecule has 2 fully saturated rings. The van der Waals surface area contributed by atoms with Crippen molar-refractivity contribution in [1.82, 2.24) is 41.7 Å². The zero-order valence-electron chi connectivity index (χ0n) is 52.6. The number of aryl methyl sites for hydroxylation is 2. The van der Waals surface area contributed by atoms with Gasteiger partial charge in [-0.1, -0.05) is 123 Å². The van der Waals surface area contributed by atoms with Crippen LogP contribution in [-0.2, 0) is 41.6 Å². The van der Waals surface area contributed by atoms with Crippen LogP contribution in [0, 0.1) is 28.6 Å². The molecule has 17 nitrogen and oxygen atoms in total. The lowest BCUT2D eigenvalue weighted by molar-refractivity contribution is -0.144. The molecule has 11 atom stereocenters. The smallest absolute Gasteiger partial charge is 0.246 e. The van der Waals surface area contributed by atoms with Gasteiger partial charge in [0.2, 0.25) is 35.4 Å². The van der Waals surface area contributed by atoms with E-state index in [9.17, 15) is 43.2 Å². The highest BCUT2D eigenvalue weighted by atomic mass is 16.2. The molecule has 0 bridgehead atoms. The fourth-order valence-electron chi connectivity index (χ4n) is 12.9. The minimum absolute atomic E-state index is 0.0385. The second kappa shape index (κ2) is 28.7. The molecule has 2 saturated heterocycles. The minimum atomic E-state index is -1.01. The van der Waals surface area contributed by atoms with E-state index in [1.807, 2.05) is 84.9 Å². The van der Waals surface area contributed by atoms with Gasteiger partial charge >= 0.3 is 0 Å². The first kappa shape index (κ1) is 65.9. The molecule has 6 N–H and O–H groups in total. The maximum atomic E-state index is 15.0. The molecule has 2 aliphatic carbocycles. The number of carbonyl (C=O) groups is 9. The number of likely N-dealkylation sites (tertiary alicyclic amines) is 2. The maximum absolute atomic E-state index is 15.0. The van der Waals surface area contributed by atoms with Crippen LogP contribution in [0.4, 0.5) is 0 Å². The number of rotatable bonds is 24. The average molecular weight is 1170 g/mol. The summed E-state index contributed by atoms with van der Waals surface area (Å²) in [6, 6.07) is 15.0. The standard InChI is InChI=1S/C68H96N8O9/c1-13-14-21-40(2)30-56(77)47-35-48(57(78)33-43-31-54(63(82)71-52-28-19-24-45-22-15-17-26-50(45)52)75(38-43)65(84)59(67(5,6)7)73-61(80)41(3)69-11)37-49(36-47)58(79)34-44-32-55(64(83)72-53-29-20-25-46-23-16-18-27-51(46)53)76(39-44)66(85)60(68(8,9)10)74-62(81)42(4)70-12/h15-18,22-23,26-27,35-37,40-44,52-55,59-60,69-70H,13-14,19-21,24-25,28-34,38-39H2,1-12H3,(H,71,82)(H,72,83)(H,73,80)(H,74,81)/t40-,41-,42-,43+,44+,52+,53+,54-,55-,59+,60+/m0/s1. The van der Waals surface area contributed by atoms with Gasteiger partial charge in [-0.25, -0.2) is 0 Å². The summed E-state index contributed by atoms with van der Waals surface area (Å²) in [7, 11) is 3.31. The molecule has 17 heteroatoms. The Morgan fingerprint density at radius 2 is 0.953 bits per heavy atom. The Hall–Kier alpha value is -6.59. The fraction of sp³-hybridized carbons (Fsp3) is 0.603. The van der Waals surface area contributed by atoms with E-state index in [1.165, 1.54) is 15.9 Å². The number of nitrogens with zero attached hydrogens (tertiary/aromatic N) is 2. The molecule has 462 valence electrons. The van der Waals surface area contributed by atoms with Gasteiger partial charge in [-0.3, -0.25) is 43.2 Å². The number of Topliss-reactive ketones (excluding diaryl/α,β-unsaturated/α-hetero) is 3. The summed E-state index contributed by atoms with van der Waals surface area (Å²) < 4.78 is 0. The number of hydrogen-bond donors (Lipinski definition) is 6. The van der Waals surface area contributed by atoms with Crippen LogP contribution in [0.15, 0.2) is 66.7 Å². The summed E-state index contributed by atoms with van der Waals surface area (Å²) in [5.41, 5.74) is 3.37. The summed E-state index contributed by atoms with van der Waals surface area (Å²) in [6.07, 6.45) is 8.00. The number of carbonyl (C=O) groups excluding carboxylic acids is 9. The molecule has 0 unspecified atom stereocenters. The van der Waals surface area contributed by atoms with Gasteiger partial charge in [0, 0.05) is 49.0 Å². The Bertz CT molecular complexity index is 2770. The molecule has 0 saturated carbocycles. The maximum Gasteiger partial charge on any atom is 0.246 e. The van der Waals surface area contributed by atoms with Crippen molar-refractivity contribution in [2.24, 2.45) is 28.6 Å². The van der Waals surface area contributed by atoms with E-state index >= 15 is 0 Å². The molecule has 3 aromatic rings. The molecule has 0 spiro atoms. The largest absolute Gasteiger partial charge is 0.347 e. The van der Waals surface area contributed by atoms with E-state index in [4.69, 9.17) is 0 Å². The van der Waals surface area contributed by atoms with E-state index in [0.717, 1.165) is 80.0 Å². The molecule has 7 rings (SSSR count). The van der Waals surface area contributed by atoms with Gasteiger partial charge in [0.1, 0.15) is 24.2 Å². The highest BCUT2D eigenvalue weighted by Crippen LogP contribution is 2.37. The van der Waals surface area contributed by atoms with Crippen LogP contribution in [0.5, 0.6) is 0 Å². The van der Waals surface area contributed by atoms with E-state index < -0.39 is 70.7 Å². The summed E-state index contributed by atoms with van der Waals surface area (Å²) in [5, 5.41) is 18.3. The minimum Gasteiger partial charge on any atom is -0.347 e. The first-order chi connectivity index (χ1) is 40.2. The lowest BCUT2D eigenvalue weighted by atomic mass is 9.85. The Balaban J connectivity index is 1.19. The Labute approximate surface area is 504 Å². The SMILES string of the molecule is CCCC[C@H](C)CC(=O)c1cc(C(=O)C[C@H]2C[C@@H](C(=O)N[C@@H]3CCCc4ccccc43)N(C(=O)[C@@H](NC(=O)[C@H](C)NC)C(C)(C)C)C2)cc(C(=O)C[C@H]2C[C@@H](C(=O)N[C@@H]3CCCc4ccccc43)N(C(=O)[C@@H](NC(=O)[C@H](C)NC)C(C)(C)C)C2)c1. The van der Waals surface area contributed by atoms with Crippen molar-refractivity contribution in [2.75, 3.05) is 27.2 Å². The van der Waals surface area contributed by atoms with E-state index in [0.29, 0.717) is 0 Å². The van der Waals surface area contributed by atoms with Crippen molar-refractivity contribution in [3.8, 4) is 0 Å². The summed E-state index contributed by atoms with van der Waals surface area (Å²) in [5.74, 6) is -4.25. The Morgan fingerprint density at radius 3 is 1.33 bits per heavy atom. The van der Waals surface area contributed by atoms with Crippen LogP contribution < -0.4 is 31.9 Å². The molecule has 4 aliphatic rings. The van der Waals surface area contributed by atoms with E-state index in [2.05, 4.69) is 51.0 Å². The number of hydrogen-bond acceptors (Lipinski definition) is 11. The van der Waals surface area contributed by atoms with Crippen molar-refractivity contribution in [3.63, 3.8) is 0 Å². The van der Waals surface area contributed by atoms with Crippen LogP contribution in [0.1, 0.15) is 212 Å². The van der Waals surface area contributed by atoms with Gasteiger partial charge in [-0.2, -0.15) is 0 Å². The van der Waals surface area contributed by atoms with Crippen LogP contribution in [0.25, 0.3) is 0 Å². The lowest BCUT2D eigenvalue weighted by Gasteiger charge is -2.36. The van der Waals surface area contributed by atoms with Gasteiger partial charge in [-0.15, -0.1) is 0 Å². The van der Waals surface area contributed by atoms with Gasteiger partial charge in [-0.05, 0) is 148 Å². The summed E-state index contributed by atoms with van der Waals surface area (Å²) >= 11 is 0. The predicted octanol–water partition coefficient (Wildman–Crippen LogP) is 8.33. The number of amides is 6. The number of nitrogens with one attached hydrogen (secondary N) is 6. The van der Waals surface area contributed by atoms with E-state index in [1.54, 1.807) is 40.1 Å². The van der Waals surface area contributed by atoms with Gasteiger partial charge in [0.15, 0.2) is 17.3 Å². The van der Waals surface area contributed by atoms with Crippen molar-refractivity contribution >= 4 is 52.8 Å². The molecule has 85 heavy (non-hydrogen) atoms. The molecule has 2 aliphatic heterocycles. The van der Waals surface area contributed by atoms with Gasteiger partial charge in [0.25, 0.3) is 0 Å². The monoisotopic (exact) mass is 1170 g/mol. The van der Waals surface area contributed by atoms with Crippen molar-refractivity contribution in [1.29, 1.82) is 0 Å². The average Bonchev–Trinajstić information content (AvgIpc) is 2.76.